The van der Waals surface area contributed by atoms with Gasteiger partial charge in [0.1, 0.15) is 5.60 Å². The van der Waals surface area contributed by atoms with Gasteiger partial charge in [-0.15, -0.1) is 0 Å². The Bertz CT molecular complexity index is 401. The van der Waals surface area contributed by atoms with Gasteiger partial charge < -0.3 is 14.7 Å². The maximum Gasteiger partial charge on any atom is 0.410 e. The second-order valence-corrected chi connectivity index (χ2v) is 7.06. The predicted octanol–water partition coefficient (Wildman–Crippen LogP) is 2.60. The maximum absolute atomic E-state index is 12.1. The Balaban J connectivity index is 2.01. The van der Waals surface area contributed by atoms with Gasteiger partial charge in [-0.1, -0.05) is 13.3 Å². The Morgan fingerprint density at radius 1 is 1.25 bits per heavy atom. The second-order valence-electron chi connectivity index (χ2n) is 7.06. The normalized spacial score (nSPS) is 33.1. The van der Waals surface area contributed by atoms with Crippen LogP contribution in [-0.4, -0.2) is 40.8 Å². The molecule has 0 bridgehead atoms. The summed E-state index contributed by atoms with van der Waals surface area (Å²) in [6.45, 7) is 8.40. The zero-order valence-electron chi connectivity index (χ0n) is 12.8. The first-order chi connectivity index (χ1) is 9.23. The van der Waals surface area contributed by atoms with Crippen molar-refractivity contribution in [3.05, 3.63) is 0 Å². The van der Waals surface area contributed by atoms with Crippen LogP contribution >= 0.6 is 0 Å². The van der Waals surface area contributed by atoms with Crippen molar-refractivity contribution < 1.29 is 19.4 Å². The molecule has 0 aromatic rings. The molecular weight excluding hydrogens is 258 g/mol. The molecule has 1 N–H and O–H groups in total. The third-order valence-corrected chi connectivity index (χ3v) is 4.39. The number of carboxylic acids is 1. The van der Waals surface area contributed by atoms with Gasteiger partial charge in [-0.05, 0) is 44.9 Å². The molecule has 5 heteroatoms. The number of carbonyl (C=O) groups is 2. The van der Waals surface area contributed by atoms with Crippen molar-refractivity contribution in [2.45, 2.75) is 46.1 Å². The van der Waals surface area contributed by atoms with Crippen LogP contribution in [0.3, 0.4) is 0 Å². The van der Waals surface area contributed by atoms with E-state index in [2.05, 4.69) is 6.92 Å². The Kier molecular flexibility index (Phi) is 3.98. The van der Waals surface area contributed by atoms with Crippen molar-refractivity contribution in [1.82, 2.24) is 4.90 Å². The van der Waals surface area contributed by atoms with Gasteiger partial charge in [-0.25, -0.2) is 4.79 Å². The Morgan fingerprint density at radius 3 is 2.35 bits per heavy atom. The third kappa shape index (κ3) is 3.25. The number of amides is 1. The Labute approximate surface area is 120 Å². The van der Waals surface area contributed by atoms with Crippen molar-refractivity contribution in [3.8, 4) is 0 Å². The van der Waals surface area contributed by atoms with E-state index >= 15 is 0 Å². The van der Waals surface area contributed by atoms with E-state index in [1.54, 1.807) is 4.90 Å². The fraction of sp³-hybridized carbons (Fsp3) is 0.867. The molecule has 2 aliphatic rings. The molecule has 2 rings (SSSR count). The molecule has 1 aliphatic carbocycles. The number of aliphatic carboxylic acids is 1. The van der Waals surface area contributed by atoms with Gasteiger partial charge in [0.05, 0.1) is 5.92 Å². The fourth-order valence-corrected chi connectivity index (χ4v) is 3.26. The molecule has 20 heavy (non-hydrogen) atoms. The number of ether oxygens (including phenoxy) is 1. The minimum absolute atomic E-state index is 0.0879. The number of rotatable bonds is 3. The van der Waals surface area contributed by atoms with Crippen molar-refractivity contribution in [1.29, 1.82) is 0 Å². The number of hydrogen-bond donors (Lipinski definition) is 1. The van der Waals surface area contributed by atoms with E-state index in [1.807, 2.05) is 20.8 Å². The maximum atomic E-state index is 12.1. The summed E-state index contributed by atoms with van der Waals surface area (Å²) in [7, 11) is 0. The molecule has 1 aliphatic heterocycles. The molecule has 1 saturated heterocycles. The standard InChI is InChI=1S/C15H25NO4/c1-5-9-6-10(9)11-7-16(8-12(11)13(17)18)14(19)20-15(2,3)4/h9-12H,5-8H2,1-4H3,(H,17,18). The molecule has 0 aromatic heterocycles. The molecule has 2 fully saturated rings. The summed E-state index contributed by atoms with van der Waals surface area (Å²) < 4.78 is 5.35. The lowest BCUT2D eigenvalue weighted by molar-refractivity contribution is -0.142. The minimum atomic E-state index is -0.789. The van der Waals surface area contributed by atoms with E-state index < -0.39 is 17.5 Å². The van der Waals surface area contributed by atoms with E-state index in [0.717, 1.165) is 12.8 Å². The van der Waals surface area contributed by atoms with Gasteiger partial charge in [0, 0.05) is 13.1 Å². The summed E-state index contributed by atoms with van der Waals surface area (Å²) >= 11 is 0. The highest BCUT2D eigenvalue weighted by molar-refractivity contribution is 5.75. The highest BCUT2D eigenvalue weighted by Gasteiger charge is 2.51. The smallest absolute Gasteiger partial charge is 0.410 e. The average Bonchev–Trinajstić information content (AvgIpc) is 2.95. The van der Waals surface area contributed by atoms with Crippen LogP contribution in [0.1, 0.15) is 40.5 Å². The summed E-state index contributed by atoms with van der Waals surface area (Å²) in [6, 6.07) is 0. The lowest BCUT2D eigenvalue weighted by Crippen LogP contribution is -2.36. The van der Waals surface area contributed by atoms with Crippen LogP contribution in [0.4, 0.5) is 4.79 Å². The number of carboxylic acid groups (broad SMARTS) is 1. The summed E-state index contributed by atoms with van der Waals surface area (Å²) in [5, 5.41) is 9.37. The van der Waals surface area contributed by atoms with Crippen LogP contribution in [-0.2, 0) is 9.53 Å². The molecule has 4 unspecified atom stereocenters. The highest BCUT2D eigenvalue weighted by atomic mass is 16.6. The average molecular weight is 283 g/mol. The van der Waals surface area contributed by atoms with Gasteiger partial charge >= 0.3 is 12.1 Å². The van der Waals surface area contributed by atoms with Gasteiger partial charge in [-0.3, -0.25) is 4.79 Å². The molecule has 0 radical (unpaired) electrons. The van der Waals surface area contributed by atoms with E-state index in [1.165, 1.54) is 0 Å². The van der Waals surface area contributed by atoms with Crippen LogP contribution in [0, 0.1) is 23.7 Å². The monoisotopic (exact) mass is 283 g/mol. The zero-order chi connectivity index (χ0) is 15.1. The molecule has 114 valence electrons. The molecule has 4 atom stereocenters. The van der Waals surface area contributed by atoms with Crippen molar-refractivity contribution >= 4 is 12.1 Å². The number of likely N-dealkylation sites (tertiary alicyclic amines) is 1. The third-order valence-electron chi connectivity index (χ3n) is 4.39. The van der Waals surface area contributed by atoms with E-state index in [0.29, 0.717) is 18.4 Å². The number of hydrogen-bond acceptors (Lipinski definition) is 3. The molecule has 1 heterocycles. The zero-order valence-corrected chi connectivity index (χ0v) is 12.8. The molecule has 1 saturated carbocycles. The summed E-state index contributed by atoms with van der Waals surface area (Å²) in [5.74, 6) is -0.0363. The molecule has 0 spiro atoms. The van der Waals surface area contributed by atoms with Gasteiger partial charge in [0.2, 0.25) is 0 Å². The SMILES string of the molecule is CCC1CC1C1CN(C(=O)OC(C)(C)C)CC1C(=O)O. The first-order valence-electron chi connectivity index (χ1n) is 7.43. The van der Waals surface area contributed by atoms with Crippen LogP contribution in [0.5, 0.6) is 0 Å². The molecule has 0 aromatic carbocycles. The second kappa shape index (κ2) is 5.26. The van der Waals surface area contributed by atoms with E-state index in [-0.39, 0.29) is 18.6 Å². The highest BCUT2D eigenvalue weighted by Crippen LogP contribution is 2.51. The van der Waals surface area contributed by atoms with E-state index in [9.17, 15) is 14.7 Å². The number of carbonyl (C=O) groups excluding carboxylic acids is 1. The minimum Gasteiger partial charge on any atom is -0.481 e. The van der Waals surface area contributed by atoms with Crippen molar-refractivity contribution in [3.63, 3.8) is 0 Å². The van der Waals surface area contributed by atoms with Crippen molar-refractivity contribution in [2.75, 3.05) is 13.1 Å². The van der Waals surface area contributed by atoms with Crippen molar-refractivity contribution in [2.24, 2.45) is 23.7 Å². The first kappa shape index (κ1) is 15.1. The summed E-state index contributed by atoms with van der Waals surface area (Å²) in [5.41, 5.74) is -0.542. The van der Waals surface area contributed by atoms with Gasteiger partial charge in [-0.2, -0.15) is 0 Å². The fourth-order valence-electron chi connectivity index (χ4n) is 3.26. The lowest BCUT2D eigenvalue weighted by Gasteiger charge is -2.24. The summed E-state index contributed by atoms with van der Waals surface area (Å²) in [4.78, 5) is 25.1. The van der Waals surface area contributed by atoms with Gasteiger partial charge in [0.15, 0.2) is 0 Å². The van der Waals surface area contributed by atoms with Gasteiger partial charge in [0.25, 0.3) is 0 Å². The van der Waals surface area contributed by atoms with Crippen LogP contribution in [0.2, 0.25) is 0 Å². The topological polar surface area (TPSA) is 66.8 Å². The molecular formula is C15H25NO4. The lowest BCUT2D eigenvalue weighted by atomic mass is 9.90. The molecule has 5 nitrogen and oxygen atoms in total. The summed E-state index contributed by atoms with van der Waals surface area (Å²) in [6.07, 6.45) is 1.81. The quantitative estimate of drug-likeness (QED) is 0.864. The van der Waals surface area contributed by atoms with E-state index in [4.69, 9.17) is 4.74 Å². The largest absolute Gasteiger partial charge is 0.481 e. The predicted molar refractivity (Wildman–Crippen MR) is 74.3 cm³/mol. The first-order valence-corrected chi connectivity index (χ1v) is 7.43. The Morgan fingerprint density at radius 2 is 1.90 bits per heavy atom. The molecule has 1 amide bonds. The van der Waals surface area contributed by atoms with Crippen LogP contribution in [0.25, 0.3) is 0 Å². The Hall–Kier alpha value is -1.26. The van der Waals surface area contributed by atoms with Crippen LogP contribution < -0.4 is 0 Å². The number of nitrogens with zero attached hydrogens (tertiary/aromatic N) is 1. The van der Waals surface area contributed by atoms with Crippen LogP contribution in [0.15, 0.2) is 0 Å².